The third-order valence-electron chi connectivity index (χ3n) is 7.15. The van der Waals surface area contributed by atoms with Crippen molar-refractivity contribution in [3.63, 3.8) is 0 Å². The summed E-state index contributed by atoms with van der Waals surface area (Å²) in [5.74, 6) is 0.214. The molecule has 3 aliphatic carbocycles. The highest BCUT2D eigenvalue weighted by molar-refractivity contribution is 5.36. The lowest BCUT2D eigenvalue weighted by Gasteiger charge is -2.58. The first-order valence-corrected chi connectivity index (χ1v) is 6.89. The molecule has 2 N–H and O–H groups in total. The fraction of sp³-hybridized carbons (Fsp3) is 1.00. The lowest BCUT2D eigenvalue weighted by molar-refractivity contribution is -0.232. The molecule has 1 saturated heterocycles. The topological polar surface area (TPSA) is 53.0 Å². The van der Waals surface area contributed by atoms with E-state index < -0.39 is 17.3 Å². The molecule has 3 heteroatoms. The van der Waals surface area contributed by atoms with Crippen molar-refractivity contribution in [2.75, 3.05) is 0 Å². The molecule has 2 unspecified atom stereocenters. The van der Waals surface area contributed by atoms with E-state index in [4.69, 9.17) is 4.74 Å². The number of aliphatic hydroxyl groups excluding tert-OH is 1. The molecular formula is C14H22O3. The number of aliphatic hydroxyl groups is 2. The zero-order valence-electron chi connectivity index (χ0n) is 10.9. The summed E-state index contributed by atoms with van der Waals surface area (Å²) in [6.07, 6.45) is 3.28. The van der Waals surface area contributed by atoms with E-state index in [0.29, 0.717) is 6.42 Å². The van der Waals surface area contributed by atoms with Crippen molar-refractivity contribution in [3.8, 4) is 0 Å². The Balaban J connectivity index is 1.96. The molecule has 4 aliphatic rings. The molecule has 3 nitrogen and oxygen atoms in total. The van der Waals surface area contributed by atoms with Crippen LogP contribution in [0.3, 0.4) is 0 Å². The van der Waals surface area contributed by atoms with Gasteiger partial charge in [-0.15, -0.1) is 0 Å². The van der Waals surface area contributed by atoms with Gasteiger partial charge in [0.25, 0.3) is 0 Å². The molecule has 1 spiro atoms. The maximum atomic E-state index is 11.0. The molecule has 0 aromatic rings. The standard InChI is InChI=1S/C14H22O3/c1-11(2)8-4-6-12(11,3)14-9(17-14)5-7-13(14,16)10(8)15/h8-10,15-16H,4-7H2,1-3H3/t8?,9-,10-,12?,13+,14-/m0/s1. The third kappa shape index (κ3) is 0.750. The van der Waals surface area contributed by atoms with Gasteiger partial charge >= 0.3 is 0 Å². The summed E-state index contributed by atoms with van der Waals surface area (Å²) in [6.45, 7) is 6.77. The lowest BCUT2D eigenvalue weighted by Crippen LogP contribution is -2.69. The van der Waals surface area contributed by atoms with Crippen molar-refractivity contribution in [3.05, 3.63) is 0 Å². The summed E-state index contributed by atoms with van der Waals surface area (Å²) in [7, 11) is 0. The monoisotopic (exact) mass is 238 g/mol. The van der Waals surface area contributed by atoms with E-state index in [1.807, 2.05) is 0 Å². The van der Waals surface area contributed by atoms with Crippen LogP contribution >= 0.6 is 0 Å². The van der Waals surface area contributed by atoms with E-state index >= 15 is 0 Å². The van der Waals surface area contributed by atoms with Gasteiger partial charge in [-0.1, -0.05) is 20.8 Å². The molecule has 96 valence electrons. The number of rotatable bonds is 0. The Hall–Kier alpha value is -0.120. The van der Waals surface area contributed by atoms with Crippen LogP contribution in [0.1, 0.15) is 46.5 Å². The number of hydrogen-bond donors (Lipinski definition) is 2. The van der Waals surface area contributed by atoms with Crippen LogP contribution < -0.4 is 0 Å². The summed E-state index contributed by atoms with van der Waals surface area (Å²) < 4.78 is 5.98. The van der Waals surface area contributed by atoms with E-state index in [1.165, 1.54) is 0 Å². The Kier molecular flexibility index (Phi) is 1.55. The number of ether oxygens (including phenoxy) is 1. The molecule has 4 rings (SSSR count). The Morgan fingerprint density at radius 2 is 1.82 bits per heavy atom. The molecule has 1 heterocycles. The maximum absolute atomic E-state index is 11.0. The SMILES string of the molecule is CC1(C)C2CCC1(C)[C@@]13O[C@H]1CC[C@@]3(O)[C@H]2O. The summed E-state index contributed by atoms with van der Waals surface area (Å²) in [5.41, 5.74) is -1.36. The van der Waals surface area contributed by atoms with Crippen LogP contribution in [0, 0.1) is 16.7 Å². The Bertz CT molecular complexity index is 406. The zero-order chi connectivity index (χ0) is 12.3. The van der Waals surface area contributed by atoms with Gasteiger partial charge in [-0.05, 0) is 37.0 Å². The van der Waals surface area contributed by atoms with Gasteiger partial charge in [0.2, 0.25) is 0 Å². The van der Waals surface area contributed by atoms with Gasteiger partial charge in [0.15, 0.2) is 0 Å². The van der Waals surface area contributed by atoms with Crippen LogP contribution in [0.5, 0.6) is 0 Å². The highest BCUT2D eigenvalue weighted by atomic mass is 16.6. The minimum absolute atomic E-state index is 0.0137. The number of hydrogen-bond acceptors (Lipinski definition) is 3. The highest BCUT2D eigenvalue weighted by Crippen LogP contribution is 2.79. The summed E-state index contributed by atoms with van der Waals surface area (Å²) >= 11 is 0. The molecule has 3 saturated carbocycles. The van der Waals surface area contributed by atoms with E-state index in [-0.39, 0.29) is 22.9 Å². The van der Waals surface area contributed by atoms with Crippen molar-refractivity contribution < 1.29 is 14.9 Å². The largest absolute Gasteiger partial charge is 0.390 e. The van der Waals surface area contributed by atoms with E-state index in [2.05, 4.69) is 20.8 Å². The van der Waals surface area contributed by atoms with Crippen molar-refractivity contribution >= 4 is 0 Å². The van der Waals surface area contributed by atoms with Crippen molar-refractivity contribution in [2.45, 2.75) is 69.9 Å². The van der Waals surface area contributed by atoms with Gasteiger partial charge in [-0.25, -0.2) is 0 Å². The summed E-state index contributed by atoms with van der Waals surface area (Å²) in [6, 6.07) is 0. The predicted octanol–water partition coefficient (Wildman–Crippen LogP) is 1.47. The molecule has 4 fully saturated rings. The van der Waals surface area contributed by atoms with Gasteiger partial charge < -0.3 is 14.9 Å². The molecular weight excluding hydrogens is 216 g/mol. The second-order valence-corrected chi connectivity index (χ2v) is 7.45. The minimum atomic E-state index is -0.983. The van der Waals surface area contributed by atoms with E-state index in [1.54, 1.807) is 0 Å². The molecule has 0 amide bonds. The lowest BCUT2D eigenvalue weighted by atomic mass is 9.49. The quantitative estimate of drug-likeness (QED) is 0.628. The molecule has 6 atom stereocenters. The molecule has 0 aromatic carbocycles. The number of fused-ring (bicyclic) bond motifs is 2. The molecule has 17 heavy (non-hydrogen) atoms. The molecule has 2 bridgehead atoms. The van der Waals surface area contributed by atoms with Gasteiger partial charge in [-0.2, -0.15) is 0 Å². The van der Waals surface area contributed by atoms with Gasteiger partial charge in [-0.3, -0.25) is 0 Å². The molecule has 1 aliphatic heterocycles. The molecule has 0 radical (unpaired) electrons. The second kappa shape index (κ2) is 2.45. The average molecular weight is 238 g/mol. The van der Waals surface area contributed by atoms with E-state index in [9.17, 15) is 10.2 Å². The second-order valence-electron chi connectivity index (χ2n) is 7.45. The summed E-state index contributed by atoms with van der Waals surface area (Å²) in [4.78, 5) is 0. The van der Waals surface area contributed by atoms with Gasteiger partial charge in [0.1, 0.15) is 11.2 Å². The minimum Gasteiger partial charge on any atom is -0.390 e. The average Bonchev–Trinajstić information content (AvgIpc) is 2.88. The summed E-state index contributed by atoms with van der Waals surface area (Å²) in [5, 5.41) is 21.6. The van der Waals surface area contributed by atoms with Crippen molar-refractivity contribution in [1.29, 1.82) is 0 Å². The fourth-order valence-corrected chi connectivity index (χ4v) is 5.79. The van der Waals surface area contributed by atoms with Crippen LogP contribution in [0.25, 0.3) is 0 Å². The first-order valence-electron chi connectivity index (χ1n) is 6.89. The van der Waals surface area contributed by atoms with Crippen LogP contribution in [-0.2, 0) is 4.74 Å². The van der Waals surface area contributed by atoms with Crippen molar-refractivity contribution in [2.24, 2.45) is 16.7 Å². The van der Waals surface area contributed by atoms with Crippen LogP contribution in [0.4, 0.5) is 0 Å². The number of epoxide rings is 1. The van der Waals surface area contributed by atoms with Gasteiger partial charge in [0.05, 0.1) is 12.2 Å². The third-order valence-corrected chi connectivity index (χ3v) is 7.15. The van der Waals surface area contributed by atoms with Crippen LogP contribution in [-0.4, -0.2) is 33.6 Å². The zero-order valence-corrected chi connectivity index (χ0v) is 10.9. The van der Waals surface area contributed by atoms with Crippen molar-refractivity contribution in [1.82, 2.24) is 0 Å². The maximum Gasteiger partial charge on any atom is 0.132 e. The van der Waals surface area contributed by atoms with E-state index in [0.717, 1.165) is 19.3 Å². The fourth-order valence-electron chi connectivity index (χ4n) is 5.79. The van der Waals surface area contributed by atoms with Gasteiger partial charge in [0, 0.05) is 5.41 Å². The molecule has 0 aromatic heterocycles. The van der Waals surface area contributed by atoms with Crippen LogP contribution in [0.15, 0.2) is 0 Å². The smallest absolute Gasteiger partial charge is 0.132 e. The Labute approximate surface area is 102 Å². The first kappa shape index (κ1) is 10.8. The normalized spacial score (nSPS) is 66.5. The highest BCUT2D eigenvalue weighted by Gasteiger charge is 2.88. The predicted molar refractivity (Wildman–Crippen MR) is 62.4 cm³/mol. The van der Waals surface area contributed by atoms with Crippen LogP contribution in [0.2, 0.25) is 0 Å². The Morgan fingerprint density at radius 3 is 2.47 bits per heavy atom. The first-order chi connectivity index (χ1) is 7.81. The Morgan fingerprint density at radius 1 is 1.12 bits per heavy atom.